The molecule has 23 heavy (non-hydrogen) atoms. The SMILES string of the molecule is COC(=O)C1CCN(C(=O)OC(C)(C)C)c2cc(F)c(F)cc21. The van der Waals surface area contributed by atoms with E-state index in [-0.39, 0.29) is 24.2 Å². The first-order chi connectivity index (χ1) is 10.6. The molecule has 1 aliphatic rings. The summed E-state index contributed by atoms with van der Waals surface area (Å²) in [6, 6.07) is 1.84. The fraction of sp³-hybridized carbons (Fsp3) is 0.500. The van der Waals surface area contributed by atoms with Crippen LogP contribution >= 0.6 is 0 Å². The zero-order valence-corrected chi connectivity index (χ0v) is 13.5. The molecule has 1 unspecified atom stereocenters. The lowest BCUT2D eigenvalue weighted by Crippen LogP contribution is -2.41. The highest BCUT2D eigenvalue weighted by atomic mass is 19.2. The Kier molecular flexibility index (Phi) is 4.58. The number of carbonyl (C=O) groups excluding carboxylic acids is 2. The van der Waals surface area contributed by atoms with E-state index in [9.17, 15) is 18.4 Å². The third-order valence-corrected chi connectivity index (χ3v) is 3.48. The summed E-state index contributed by atoms with van der Waals surface area (Å²) in [5.41, 5.74) is -0.387. The molecule has 0 fully saturated rings. The van der Waals surface area contributed by atoms with Crippen molar-refractivity contribution in [1.29, 1.82) is 0 Å². The lowest BCUT2D eigenvalue weighted by atomic mass is 9.90. The quantitative estimate of drug-likeness (QED) is 0.742. The highest BCUT2D eigenvalue weighted by molar-refractivity contribution is 5.92. The second kappa shape index (κ2) is 6.14. The maximum atomic E-state index is 13.6. The molecule has 1 atom stereocenters. The summed E-state index contributed by atoms with van der Waals surface area (Å²) < 4.78 is 37.2. The Hall–Kier alpha value is -2.18. The summed E-state index contributed by atoms with van der Waals surface area (Å²) in [4.78, 5) is 25.4. The number of nitrogens with zero attached hydrogens (tertiary/aromatic N) is 1. The van der Waals surface area contributed by atoms with Crippen LogP contribution in [0.2, 0.25) is 0 Å². The number of esters is 1. The normalized spacial score (nSPS) is 17.5. The van der Waals surface area contributed by atoms with Crippen LogP contribution in [0.5, 0.6) is 0 Å². The number of benzene rings is 1. The van der Waals surface area contributed by atoms with Gasteiger partial charge in [-0.25, -0.2) is 13.6 Å². The summed E-state index contributed by atoms with van der Waals surface area (Å²) >= 11 is 0. The van der Waals surface area contributed by atoms with E-state index in [1.54, 1.807) is 20.8 Å². The Morgan fingerprint density at radius 2 is 1.83 bits per heavy atom. The van der Waals surface area contributed by atoms with Gasteiger partial charge in [0.2, 0.25) is 0 Å². The molecule has 126 valence electrons. The van der Waals surface area contributed by atoms with E-state index in [1.807, 2.05) is 0 Å². The molecule has 2 rings (SSSR count). The van der Waals surface area contributed by atoms with E-state index >= 15 is 0 Å². The first-order valence-electron chi connectivity index (χ1n) is 7.21. The third kappa shape index (κ3) is 3.60. The van der Waals surface area contributed by atoms with E-state index < -0.39 is 35.2 Å². The van der Waals surface area contributed by atoms with Gasteiger partial charge in [0, 0.05) is 12.6 Å². The minimum absolute atomic E-state index is 0.125. The predicted octanol–water partition coefficient (Wildman–Crippen LogP) is 3.37. The lowest BCUT2D eigenvalue weighted by Gasteiger charge is -2.34. The first kappa shape index (κ1) is 17.2. The van der Waals surface area contributed by atoms with Gasteiger partial charge in [-0.15, -0.1) is 0 Å². The number of ether oxygens (including phenoxy) is 2. The van der Waals surface area contributed by atoms with Gasteiger partial charge >= 0.3 is 12.1 Å². The van der Waals surface area contributed by atoms with E-state index in [1.165, 1.54) is 12.0 Å². The number of halogens is 2. The lowest BCUT2D eigenvalue weighted by molar-refractivity contribution is -0.142. The van der Waals surface area contributed by atoms with Gasteiger partial charge in [-0.05, 0) is 38.8 Å². The molecule has 1 heterocycles. The molecule has 1 aromatic rings. The van der Waals surface area contributed by atoms with Crippen LogP contribution in [0.3, 0.4) is 0 Å². The van der Waals surface area contributed by atoms with E-state index in [2.05, 4.69) is 0 Å². The molecule has 0 aliphatic carbocycles. The molecular formula is C16H19F2NO4. The van der Waals surface area contributed by atoms with Gasteiger partial charge in [-0.2, -0.15) is 0 Å². The molecule has 1 amide bonds. The molecule has 5 nitrogen and oxygen atoms in total. The molecule has 7 heteroatoms. The van der Waals surface area contributed by atoms with Crippen molar-refractivity contribution in [2.75, 3.05) is 18.6 Å². The average molecular weight is 327 g/mol. The van der Waals surface area contributed by atoms with Crippen LogP contribution in [0.4, 0.5) is 19.3 Å². The van der Waals surface area contributed by atoms with Crippen molar-refractivity contribution in [1.82, 2.24) is 0 Å². The second-order valence-electron chi connectivity index (χ2n) is 6.32. The molecule has 0 spiro atoms. The number of methoxy groups -OCH3 is 1. The summed E-state index contributed by atoms with van der Waals surface area (Å²) in [5, 5.41) is 0. The summed E-state index contributed by atoms with van der Waals surface area (Å²) in [6.07, 6.45) is -0.433. The van der Waals surface area contributed by atoms with E-state index in [0.29, 0.717) is 0 Å². The number of anilines is 1. The Morgan fingerprint density at radius 3 is 2.39 bits per heavy atom. The highest BCUT2D eigenvalue weighted by Gasteiger charge is 2.36. The van der Waals surface area contributed by atoms with Crippen molar-refractivity contribution in [3.63, 3.8) is 0 Å². The number of hydrogen-bond acceptors (Lipinski definition) is 4. The number of amides is 1. The topological polar surface area (TPSA) is 55.8 Å². The van der Waals surface area contributed by atoms with Gasteiger partial charge in [-0.3, -0.25) is 9.69 Å². The van der Waals surface area contributed by atoms with Crippen LogP contribution in [-0.4, -0.2) is 31.3 Å². The van der Waals surface area contributed by atoms with Gasteiger partial charge in [0.15, 0.2) is 11.6 Å². The van der Waals surface area contributed by atoms with Crippen molar-refractivity contribution in [2.24, 2.45) is 0 Å². The largest absolute Gasteiger partial charge is 0.469 e. The zero-order valence-electron chi connectivity index (χ0n) is 13.5. The molecule has 0 saturated carbocycles. The molecule has 0 saturated heterocycles. The molecule has 0 aromatic heterocycles. The van der Waals surface area contributed by atoms with Crippen LogP contribution in [0, 0.1) is 11.6 Å². The summed E-state index contributed by atoms with van der Waals surface area (Å²) in [7, 11) is 1.22. The maximum Gasteiger partial charge on any atom is 0.414 e. The predicted molar refractivity (Wildman–Crippen MR) is 79.3 cm³/mol. The molecule has 1 aliphatic heterocycles. The summed E-state index contributed by atoms with van der Waals surface area (Å²) in [5.74, 6) is -3.48. The fourth-order valence-corrected chi connectivity index (χ4v) is 2.49. The minimum Gasteiger partial charge on any atom is -0.469 e. The summed E-state index contributed by atoms with van der Waals surface area (Å²) in [6.45, 7) is 5.27. The Bertz CT molecular complexity index is 640. The van der Waals surface area contributed by atoms with Crippen molar-refractivity contribution in [3.05, 3.63) is 29.3 Å². The van der Waals surface area contributed by atoms with Gasteiger partial charge < -0.3 is 9.47 Å². The van der Waals surface area contributed by atoms with Crippen molar-refractivity contribution >= 4 is 17.7 Å². The monoisotopic (exact) mass is 327 g/mol. The molecule has 0 bridgehead atoms. The van der Waals surface area contributed by atoms with Crippen LogP contribution in [0.1, 0.15) is 38.7 Å². The Morgan fingerprint density at radius 1 is 1.22 bits per heavy atom. The number of fused-ring (bicyclic) bond motifs is 1. The van der Waals surface area contributed by atoms with Gasteiger partial charge in [0.05, 0.1) is 18.7 Å². The fourth-order valence-electron chi connectivity index (χ4n) is 2.49. The maximum absolute atomic E-state index is 13.6. The molecule has 1 aromatic carbocycles. The molecule has 0 radical (unpaired) electrons. The van der Waals surface area contributed by atoms with E-state index in [4.69, 9.17) is 9.47 Å². The number of carbonyl (C=O) groups is 2. The van der Waals surface area contributed by atoms with Crippen LogP contribution < -0.4 is 4.90 Å². The second-order valence-corrected chi connectivity index (χ2v) is 6.32. The van der Waals surface area contributed by atoms with Gasteiger partial charge in [-0.1, -0.05) is 0 Å². The molecular weight excluding hydrogens is 308 g/mol. The van der Waals surface area contributed by atoms with Crippen LogP contribution in [0.25, 0.3) is 0 Å². The Labute approximate surface area is 133 Å². The minimum atomic E-state index is -1.09. The zero-order chi connectivity index (χ0) is 17.4. The van der Waals surface area contributed by atoms with Crippen molar-refractivity contribution in [2.45, 2.75) is 38.7 Å². The highest BCUT2D eigenvalue weighted by Crippen LogP contribution is 2.38. The molecule has 0 N–H and O–H groups in total. The van der Waals surface area contributed by atoms with Crippen molar-refractivity contribution in [3.8, 4) is 0 Å². The number of hydrogen-bond donors (Lipinski definition) is 0. The Balaban J connectivity index is 2.45. The first-order valence-corrected chi connectivity index (χ1v) is 7.21. The average Bonchev–Trinajstić information content (AvgIpc) is 2.44. The third-order valence-electron chi connectivity index (χ3n) is 3.48. The smallest absolute Gasteiger partial charge is 0.414 e. The standard InChI is InChI=1S/C16H19F2NO4/c1-16(2,3)23-15(21)19-6-5-9(14(20)22-4)10-7-11(17)12(18)8-13(10)19/h7-9H,5-6H2,1-4H3. The van der Waals surface area contributed by atoms with Gasteiger partial charge in [0.1, 0.15) is 5.60 Å². The van der Waals surface area contributed by atoms with Crippen molar-refractivity contribution < 1.29 is 27.8 Å². The van der Waals surface area contributed by atoms with Gasteiger partial charge in [0.25, 0.3) is 0 Å². The number of rotatable bonds is 1. The van der Waals surface area contributed by atoms with Crippen LogP contribution in [0.15, 0.2) is 12.1 Å². The van der Waals surface area contributed by atoms with E-state index in [0.717, 1.165) is 12.1 Å². The van der Waals surface area contributed by atoms with Crippen LogP contribution in [-0.2, 0) is 14.3 Å².